The van der Waals surface area contributed by atoms with Gasteiger partial charge in [-0.2, -0.15) is 5.10 Å². The number of hydrogen-bond donors (Lipinski definition) is 1. The maximum Gasteiger partial charge on any atom is 0.0534 e. The molecule has 0 saturated heterocycles. The number of aryl methyl sites for hydroxylation is 1. The summed E-state index contributed by atoms with van der Waals surface area (Å²) in [5.41, 5.74) is 1.29. The van der Waals surface area contributed by atoms with Gasteiger partial charge in [0.15, 0.2) is 0 Å². The van der Waals surface area contributed by atoms with Crippen molar-refractivity contribution in [3.05, 3.63) is 18.0 Å². The van der Waals surface area contributed by atoms with E-state index in [1.807, 2.05) is 17.9 Å². The summed E-state index contributed by atoms with van der Waals surface area (Å²) in [5, 5.41) is 7.61. The van der Waals surface area contributed by atoms with Gasteiger partial charge in [0.25, 0.3) is 0 Å². The predicted molar refractivity (Wildman–Crippen MR) is 71.9 cm³/mol. The summed E-state index contributed by atoms with van der Waals surface area (Å²) >= 11 is 0. The van der Waals surface area contributed by atoms with Crippen LogP contribution in [0.25, 0.3) is 0 Å². The van der Waals surface area contributed by atoms with Crippen molar-refractivity contribution in [1.29, 1.82) is 0 Å². The first kappa shape index (κ1) is 14.2. The van der Waals surface area contributed by atoms with Crippen molar-refractivity contribution in [3.8, 4) is 0 Å². The molecule has 1 aromatic rings. The standard InChI is InChI=1S/C13H26N4/c1-4-7-14-8-5-6-9-16(2)11-13-10-15-17(3)12-13/h10,12,14H,4-9,11H2,1-3H3. The van der Waals surface area contributed by atoms with Crippen LogP contribution in [0.15, 0.2) is 12.4 Å². The van der Waals surface area contributed by atoms with Gasteiger partial charge in [-0.1, -0.05) is 6.92 Å². The quantitative estimate of drug-likeness (QED) is 0.664. The lowest BCUT2D eigenvalue weighted by Gasteiger charge is -2.15. The molecule has 0 aliphatic rings. The van der Waals surface area contributed by atoms with Gasteiger partial charge in [-0.05, 0) is 45.9 Å². The highest BCUT2D eigenvalue weighted by Gasteiger charge is 2.01. The molecule has 0 amide bonds. The van der Waals surface area contributed by atoms with Crippen LogP contribution in [0, 0.1) is 0 Å². The lowest BCUT2D eigenvalue weighted by Crippen LogP contribution is -2.21. The van der Waals surface area contributed by atoms with Gasteiger partial charge in [-0.3, -0.25) is 4.68 Å². The molecule has 98 valence electrons. The molecule has 0 aliphatic heterocycles. The molecule has 0 unspecified atom stereocenters. The molecular formula is C13H26N4. The third-order valence-electron chi connectivity index (χ3n) is 2.78. The van der Waals surface area contributed by atoms with Crippen LogP contribution in [0.2, 0.25) is 0 Å². The lowest BCUT2D eigenvalue weighted by molar-refractivity contribution is 0.317. The zero-order valence-corrected chi connectivity index (χ0v) is 11.4. The monoisotopic (exact) mass is 238 g/mol. The molecule has 1 N–H and O–H groups in total. The summed E-state index contributed by atoms with van der Waals surface area (Å²) in [7, 11) is 4.13. The Morgan fingerprint density at radius 3 is 2.82 bits per heavy atom. The van der Waals surface area contributed by atoms with Crippen LogP contribution in [0.5, 0.6) is 0 Å². The van der Waals surface area contributed by atoms with Crippen LogP contribution in [-0.2, 0) is 13.6 Å². The Morgan fingerprint density at radius 1 is 1.35 bits per heavy atom. The maximum atomic E-state index is 4.18. The van der Waals surface area contributed by atoms with Gasteiger partial charge >= 0.3 is 0 Å². The van der Waals surface area contributed by atoms with Gasteiger partial charge in [0.2, 0.25) is 0 Å². The molecule has 17 heavy (non-hydrogen) atoms. The van der Waals surface area contributed by atoms with E-state index in [1.165, 1.54) is 24.8 Å². The van der Waals surface area contributed by atoms with Crippen molar-refractivity contribution in [2.75, 3.05) is 26.7 Å². The van der Waals surface area contributed by atoms with E-state index in [0.29, 0.717) is 0 Å². The third-order valence-corrected chi connectivity index (χ3v) is 2.78. The number of nitrogens with zero attached hydrogens (tertiary/aromatic N) is 3. The Hall–Kier alpha value is -0.870. The SMILES string of the molecule is CCCNCCCCN(C)Cc1cnn(C)c1. The molecule has 4 heteroatoms. The molecule has 0 aromatic carbocycles. The summed E-state index contributed by atoms with van der Waals surface area (Å²) in [6, 6.07) is 0. The van der Waals surface area contributed by atoms with Crippen LogP contribution >= 0.6 is 0 Å². The number of aromatic nitrogens is 2. The van der Waals surface area contributed by atoms with Gasteiger partial charge in [0.1, 0.15) is 0 Å². The van der Waals surface area contributed by atoms with Crippen molar-refractivity contribution in [2.45, 2.75) is 32.7 Å². The van der Waals surface area contributed by atoms with Gasteiger partial charge in [0.05, 0.1) is 6.20 Å². The summed E-state index contributed by atoms with van der Waals surface area (Å²) in [6.07, 6.45) is 7.77. The molecule has 0 saturated carbocycles. The van der Waals surface area contributed by atoms with E-state index in [9.17, 15) is 0 Å². The largest absolute Gasteiger partial charge is 0.317 e. The molecular weight excluding hydrogens is 212 g/mol. The second kappa shape index (κ2) is 8.25. The minimum atomic E-state index is 0.996. The minimum Gasteiger partial charge on any atom is -0.317 e. The number of rotatable bonds is 9. The number of nitrogens with one attached hydrogen (secondary N) is 1. The van der Waals surface area contributed by atoms with Crippen LogP contribution < -0.4 is 5.32 Å². The van der Waals surface area contributed by atoms with Crippen molar-refractivity contribution in [1.82, 2.24) is 20.0 Å². The number of unbranched alkanes of at least 4 members (excludes halogenated alkanes) is 1. The Balaban J connectivity index is 2.03. The van der Waals surface area contributed by atoms with Gasteiger partial charge < -0.3 is 10.2 Å². The average molecular weight is 238 g/mol. The molecule has 0 radical (unpaired) electrons. The topological polar surface area (TPSA) is 33.1 Å². The molecule has 0 fully saturated rings. The van der Waals surface area contributed by atoms with E-state index in [4.69, 9.17) is 0 Å². The lowest BCUT2D eigenvalue weighted by atomic mass is 10.2. The highest BCUT2D eigenvalue weighted by Crippen LogP contribution is 2.02. The molecule has 1 aromatic heterocycles. The van der Waals surface area contributed by atoms with Crippen molar-refractivity contribution in [3.63, 3.8) is 0 Å². The fourth-order valence-electron chi connectivity index (χ4n) is 1.88. The van der Waals surface area contributed by atoms with Crippen molar-refractivity contribution < 1.29 is 0 Å². The van der Waals surface area contributed by atoms with E-state index in [0.717, 1.165) is 26.2 Å². The fraction of sp³-hybridized carbons (Fsp3) is 0.769. The Labute approximate surface area is 105 Å². The first-order chi connectivity index (χ1) is 8.22. The van der Waals surface area contributed by atoms with E-state index in [1.54, 1.807) is 0 Å². The normalized spacial score (nSPS) is 11.3. The van der Waals surface area contributed by atoms with Crippen molar-refractivity contribution >= 4 is 0 Å². The van der Waals surface area contributed by atoms with Crippen LogP contribution in [0.3, 0.4) is 0 Å². The molecule has 1 heterocycles. The van der Waals surface area contributed by atoms with Crippen LogP contribution in [0.1, 0.15) is 31.7 Å². The number of hydrogen-bond acceptors (Lipinski definition) is 3. The minimum absolute atomic E-state index is 0.996. The van der Waals surface area contributed by atoms with Gasteiger partial charge in [-0.15, -0.1) is 0 Å². The van der Waals surface area contributed by atoms with E-state index < -0.39 is 0 Å². The smallest absolute Gasteiger partial charge is 0.0534 e. The summed E-state index contributed by atoms with van der Waals surface area (Å²) in [5.74, 6) is 0. The first-order valence-electron chi connectivity index (χ1n) is 6.59. The molecule has 4 nitrogen and oxygen atoms in total. The van der Waals surface area contributed by atoms with Crippen LogP contribution in [-0.4, -0.2) is 41.4 Å². The van der Waals surface area contributed by atoms with Crippen molar-refractivity contribution in [2.24, 2.45) is 7.05 Å². The zero-order valence-electron chi connectivity index (χ0n) is 11.4. The van der Waals surface area contributed by atoms with Gasteiger partial charge in [-0.25, -0.2) is 0 Å². The highest BCUT2D eigenvalue weighted by molar-refractivity contribution is 5.02. The maximum absolute atomic E-state index is 4.18. The van der Waals surface area contributed by atoms with E-state index in [2.05, 4.69) is 35.5 Å². The van der Waals surface area contributed by atoms with Crippen LogP contribution in [0.4, 0.5) is 0 Å². The summed E-state index contributed by atoms with van der Waals surface area (Å²) in [6.45, 7) is 6.65. The Bertz CT molecular complexity index is 295. The highest BCUT2D eigenvalue weighted by atomic mass is 15.2. The summed E-state index contributed by atoms with van der Waals surface area (Å²) < 4.78 is 1.86. The molecule has 1 rings (SSSR count). The van der Waals surface area contributed by atoms with Gasteiger partial charge in [0, 0.05) is 25.4 Å². The third kappa shape index (κ3) is 6.44. The molecule has 0 spiro atoms. The fourth-order valence-corrected chi connectivity index (χ4v) is 1.88. The Morgan fingerprint density at radius 2 is 2.18 bits per heavy atom. The molecule has 0 bridgehead atoms. The van der Waals surface area contributed by atoms with E-state index >= 15 is 0 Å². The summed E-state index contributed by atoms with van der Waals surface area (Å²) in [4.78, 5) is 2.36. The van der Waals surface area contributed by atoms with E-state index in [-0.39, 0.29) is 0 Å². The zero-order chi connectivity index (χ0) is 12.5. The second-order valence-corrected chi connectivity index (χ2v) is 4.72. The molecule has 0 atom stereocenters. The predicted octanol–water partition coefficient (Wildman–Crippen LogP) is 1.63. The second-order valence-electron chi connectivity index (χ2n) is 4.72. The molecule has 0 aliphatic carbocycles. The Kier molecular flexibility index (Phi) is 6.89. The first-order valence-corrected chi connectivity index (χ1v) is 6.59. The average Bonchev–Trinajstić information content (AvgIpc) is 2.69.